The summed E-state index contributed by atoms with van der Waals surface area (Å²) in [4.78, 5) is 38.3. The Hall–Kier alpha value is -3.47. The van der Waals surface area contributed by atoms with Gasteiger partial charge in [0.05, 0.1) is 6.04 Å². The Morgan fingerprint density at radius 3 is 2.31 bits per heavy atom. The number of carbonyl (C=O) groups excluding carboxylic acids is 3. The second-order valence-corrected chi connectivity index (χ2v) is 8.27. The van der Waals surface area contributed by atoms with E-state index in [1.807, 2.05) is 52.0 Å². The van der Waals surface area contributed by atoms with E-state index in [0.717, 1.165) is 16.7 Å². The van der Waals surface area contributed by atoms with Crippen LogP contribution in [0.1, 0.15) is 40.2 Å². The average molecular weight is 434 g/mol. The third-order valence-corrected chi connectivity index (χ3v) is 5.56. The Labute approximate surface area is 189 Å². The van der Waals surface area contributed by atoms with Gasteiger partial charge in [-0.15, -0.1) is 0 Å². The van der Waals surface area contributed by atoms with Crippen LogP contribution in [0.15, 0.2) is 83.5 Å². The van der Waals surface area contributed by atoms with Gasteiger partial charge in [-0.05, 0) is 64.8 Å². The molecule has 0 bridgehead atoms. The second kappa shape index (κ2) is 10.7. The SMILES string of the molecule is C/C=C(C)/C=C(C)/C=C/C=C(C)/C=C/C(=O)[C@@]1(C)C(=O)N[C@@H](Cc2ccc(O)cc2)C1=O. The number of carbonyl (C=O) groups is 3. The molecule has 32 heavy (non-hydrogen) atoms. The average Bonchev–Trinajstić information content (AvgIpc) is 2.97. The van der Waals surface area contributed by atoms with Crippen molar-refractivity contribution >= 4 is 17.5 Å². The van der Waals surface area contributed by atoms with Gasteiger partial charge in [-0.3, -0.25) is 14.4 Å². The number of amides is 1. The number of Topliss-reactive ketones (excluding diaryl/α,β-unsaturated/α-hetero) is 1. The molecule has 0 aromatic heterocycles. The molecule has 2 N–H and O–H groups in total. The summed E-state index contributed by atoms with van der Waals surface area (Å²) in [5.41, 5.74) is 2.14. The number of rotatable bonds is 8. The molecule has 1 aromatic carbocycles. The number of ketones is 2. The van der Waals surface area contributed by atoms with E-state index in [2.05, 4.69) is 11.4 Å². The number of phenols is 1. The standard InChI is InChI=1S/C27H31NO4/c1-6-18(2)16-20(4)9-7-8-19(3)10-15-24(30)27(5)25(31)23(28-26(27)32)17-21-11-13-22(29)14-12-21/h6-16,23,29H,17H2,1-5H3,(H,28,32)/b9-7+,15-10+,18-6+,19-8+,20-16+/t23-,27+/m0/s1. The van der Waals surface area contributed by atoms with E-state index in [4.69, 9.17) is 0 Å². The molecule has 5 nitrogen and oxygen atoms in total. The number of allylic oxidation sites excluding steroid dienone is 10. The summed E-state index contributed by atoms with van der Waals surface area (Å²) in [5, 5.41) is 12.0. The lowest BCUT2D eigenvalue weighted by atomic mass is 9.80. The minimum absolute atomic E-state index is 0.123. The third-order valence-electron chi connectivity index (χ3n) is 5.56. The van der Waals surface area contributed by atoms with E-state index < -0.39 is 28.9 Å². The van der Waals surface area contributed by atoms with Gasteiger partial charge in [0.1, 0.15) is 5.75 Å². The summed E-state index contributed by atoms with van der Waals surface area (Å²) < 4.78 is 0. The molecule has 1 amide bonds. The Kier molecular flexibility index (Phi) is 8.30. The summed E-state index contributed by atoms with van der Waals surface area (Å²) in [6.07, 6.45) is 13.0. The molecule has 2 rings (SSSR count). The molecule has 2 atom stereocenters. The number of hydrogen-bond donors (Lipinski definition) is 2. The van der Waals surface area contributed by atoms with E-state index in [9.17, 15) is 19.5 Å². The van der Waals surface area contributed by atoms with Crippen molar-refractivity contribution in [1.82, 2.24) is 5.32 Å². The highest BCUT2D eigenvalue weighted by Crippen LogP contribution is 2.29. The van der Waals surface area contributed by atoms with E-state index in [0.29, 0.717) is 0 Å². The molecular weight excluding hydrogens is 402 g/mol. The van der Waals surface area contributed by atoms with Gasteiger partial charge in [0, 0.05) is 0 Å². The van der Waals surface area contributed by atoms with Crippen LogP contribution in [0, 0.1) is 5.41 Å². The highest BCUT2D eigenvalue weighted by molar-refractivity contribution is 6.31. The maximum absolute atomic E-state index is 12.9. The Morgan fingerprint density at radius 2 is 1.69 bits per heavy atom. The van der Waals surface area contributed by atoms with Crippen molar-refractivity contribution in [2.24, 2.45) is 5.41 Å². The van der Waals surface area contributed by atoms with E-state index >= 15 is 0 Å². The lowest BCUT2D eigenvalue weighted by molar-refractivity contribution is -0.141. The zero-order valence-electron chi connectivity index (χ0n) is 19.3. The predicted octanol–water partition coefficient (Wildman–Crippen LogP) is 4.55. The minimum atomic E-state index is -1.74. The van der Waals surface area contributed by atoms with Crippen molar-refractivity contribution in [3.63, 3.8) is 0 Å². The molecule has 0 unspecified atom stereocenters. The molecule has 1 saturated heterocycles. The van der Waals surface area contributed by atoms with Gasteiger partial charge >= 0.3 is 0 Å². The van der Waals surface area contributed by atoms with Gasteiger partial charge in [-0.2, -0.15) is 0 Å². The normalized spacial score (nSPS) is 22.8. The van der Waals surface area contributed by atoms with Crippen molar-refractivity contribution in [3.05, 3.63) is 89.1 Å². The first-order valence-electron chi connectivity index (χ1n) is 10.6. The van der Waals surface area contributed by atoms with E-state index in [1.54, 1.807) is 18.2 Å². The van der Waals surface area contributed by atoms with Gasteiger partial charge in [0.2, 0.25) is 5.91 Å². The monoisotopic (exact) mass is 433 g/mol. The number of aromatic hydroxyl groups is 1. The first kappa shape index (κ1) is 24.8. The van der Waals surface area contributed by atoms with Crippen LogP contribution in [0.3, 0.4) is 0 Å². The molecule has 5 heteroatoms. The van der Waals surface area contributed by atoms with Crippen LogP contribution in [0.2, 0.25) is 0 Å². The van der Waals surface area contributed by atoms with Crippen molar-refractivity contribution in [3.8, 4) is 5.75 Å². The van der Waals surface area contributed by atoms with Crippen molar-refractivity contribution in [2.45, 2.75) is 47.1 Å². The minimum Gasteiger partial charge on any atom is -0.508 e. The summed E-state index contributed by atoms with van der Waals surface area (Å²) in [7, 11) is 0. The van der Waals surface area contributed by atoms with Gasteiger partial charge in [-0.1, -0.05) is 65.3 Å². The van der Waals surface area contributed by atoms with Crippen LogP contribution < -0.4 is 5.32 Å². The molecule has 1 heterocycles. The van der Waals surface area contributed by atoms with E-state index in [-0.39, 0.29) is 12.2 Å². The maximum atomic E-state index is 12.9. The molecule has 0 radical (unpaired) electrons. The Morgan fingerprint density at radius 1 is 1.03 bits per heavy atom. The van der Waals surface area contributed by atoms with Gasteiger partial charge in [0.25, 0.3) is 0 Å². The van der Waals surface area contributed by atoms with Crippen LogP contribution in [0.25, 0.3) is 0 Å². The number of benzene rings is 1. The van der Waals surface area contributed by atoms with Gasteiger partial charge in [-0.25, -0.2) is 0 Å². The summed E-state index contributed by atoms with van der Waals surface area (Å²) in [6.45, 7) is 9.25. The van der Waals surface area contributed by atoms with Crippen LogP contribution in [-0.2, 0) is 20.8 Å². The number of nitrogens with one attached hydrogen (secondary N) is 1. The molecule has 0 aliphatic carbocycles. The largest absolute Gasteiger partial charge is 0.508 e. The Balaban J connectivity index is 2.08. The lowest BCUT2D eigenvalue weighted by Crippen LogP contribution is -2.39. The summed E-state index contributed by atoms with van der Waals surface area (Å²) in [5.74, 6) is -1.43. The molecule has 0 saturated carbocycles. The molecular formula is C27H31NO4. The zero-order chi connectivity index (χ0) is 23.9. The summed E-state index contributed by atoms with van der Waals surface area (Å²) >= 11 is 0. The fourth-order valence-corrected chi connectivity index (χ4v) is 3.34. The molecule has 0 spiro atoms. The molecule has 1 aromatic rings. The zero-order valence-corrected chi connectivity index (χ0v) is 19.3. The van der Waals surface area contributed by atoms with Crippen molar-refractivity contribution < 1.29 is 19.5 Å². The van der Waals surface area contributed by atoms with Crippen molar-refractivity contribution in [1.29, 1.82) is 0 Å². The maximum Gasteiger partial charge on any atom is 0.242 e. The smallest absolute Gasteiger partial charge is 0.242 e. The number of phenolic OH excluding ortho intramolecular Hbond substituents is 1. The van der Waals surface area contributed by atoms with Gasteiger partial charge in [0.15, 0.2) is 17.0 Å². The number of hydrogen-bond acceptors (Lipinski definition) is 4. The molecule has 1 fully saturated rings. The first-order valence-corrected chi connectivity index (χ1v) is 10.6. The Bertz CT molecular complexity index is 1040. The molecule has 168 valence electrons. The van der Waals surface area contributed by atoms with Gasteiger partial charge < -0.3 is 10.4 Å². The van der Waals surface area contributed by atoms with Crippen LogP contribution in [0.5, 0.6) is 5.75 Å². The third kappa shape index (κ3) is 6.03. The molecule has 1 aliphatic rings. The fourth-order valence-electron chi connectivity index (χ4n) is 3.34. The lowest BCUT2D eigenvalue weighted by Gasteiger charge is -2.15. The quantitative estimate of drug-likeness (QED) is 0.358. The van der Waals surface area contributed by atoms with Crippen molar-refractivity contribution in [2.75, 3.05) is 0 Å². The highest BCUT2D eigenvalue weighted by Gasteiger charge is 2.55. The van der Waals surface area contributed by atoms with Crippen LogP contribution in [0.4, 0.5) is 0 Å². The van der Waals surface area contributed by atoms with Crippen LogP contribution >= 0.6 is 0 Å². The molecule has 1 aliphatic heterocycles. The fraction of sp³-hybridized carbons (Fsp3) is 0.296. The first-order chi connectivity index (χ1) is 15.1. The summed E-state index contributed by atoms with van der Waals surface area (Å²) in [6, 6.07) is 5.64. The highest BCUT2D eigenvalue weighted by atomic mass is 16.3. The van der Waals surface area contributed by atoms with E-state index in [1.165, 1.54) is 30.7 Å². The predicted molar refractivity (Wildman–Crippen MR) is 127 cm³/mol. The van der Waals surface area contributed by atoms with Crippen LogP contribution in [-0.4, -0.2) is 28.6 Å². The second-order valence-electron chi connectivity index (χ2n) is 8.27. The topological polar surface area (TPSA) is 83.5 Å².